The second-order valence-electron chi connectivity index (χ2n) is 8.10. The van der Waals surface area contributed by atoms with Crippen LogP contribution >= 0.6 is 11.6 Å². The lowest BCUT2D eigenvalue weighted by Crippen LogP contribution is -2.34. The van der Waals surface area contributed by atoms with Gasteiger partial charge in [0, 0.05) is 24.1 Å². The van der Waals surface area contributed by atoms with Gasteiger partial charge < -0.3 is 24.7 Å². The summed E-state index contributed by atoms with van der Waals surface area (Å²) in [7, 11) is 3.23. The molecule has 1 atom stereocenters. The number of likely N-dealkylation sites (tertiary alicyclic amines) is 1. The fourth-order valence-electron chi connectivity index (χ4n) is 4.26. The van der Waals surface area contributed by atoms with Gasteiger partial charge in [-0.25, -0.2) is 0 Å². The highest BCUT2D eigenvalue weighted by Gasteiger charge is 2.26. The van der Waals surface area contributed by atoms with Gasteiger partial charge in [0.05, 0.1) is 24.9 Å². The van der Waals surface area contributed by atoms with Gasteiger partial charge >= 0.3 is 0 Å². The Kier molecular flexibility index (Phi) is 9.06. The Morgan fingerprint density at radius 3 is 2.50 bits per heavy atom. The molecule has 0 aromatic heterocycles. The maximum atomic E-state index is 10.9. The van der Waals surface area contributed by atoms with Crippen LogP contribution in [-0.2, 0) is 11.4 Å². The molecule has 1 aliphatic rings. The first-order valence-corrected chi connectivity index (χ1v) is 11.6. The molecular formula is C25H33ClN2O4. The summed E-state index contributed by atoms with van der Waals surface area (Å²) in [5, 5.41) is 0.524. The van der Waals surface area contributed by atoms with E-state index in [2.05, 4.69) is 4.90 Å². The molecule has 1 fully saturated rings. The third-order valence-corrected chi connectivity index (χ3v) is 6.29. The Hall–Kier alpha value is -2.44. The molecule has 174 valence electrons. The molecule has 0 amide bonds. The van der Waals surface area contributed by atoms with Crippen molar-refractivity contribution in [2.24, 2.45) is 0 Å². The van der Waals surface area contributed by atoms with Gasteiger partial charge in [0.1, 0.15) is 18.6 Å². The lowest BCUT2D eigenvalue weighted by atomic mass is 9.95. The highest BCUT2D eigenvalue weighted by molar-refractivity contribution is 6.33. The average Bonchev–Trinajstić information content (AvgIpc) is 2.83. The summed E-state index contributed by atoms with van der Waals surface area (Å²) >= 11 is 6.43. The minimum absolute atomic E-state index is 0.133. The Labute approximate surface area is 195 Å². The molecule has 0 bridgehead atoms. The quantitative estimate of drug-likeness (QED) is 0.274. The number of hydrogen-bond donors (Lipinski definition) is 1. The summed E-state index contributed by atoms with van der Waals surface area (Å²) in [5.41, 5.74) is 8.60. The predicted octanol–water partition coefficient (Wildman–Crippen LogP) is 5.41. The lowest BCUT2D eigenvalue weighted by Gasteiger charge is -2.36. The van der Waals surface area contributed by atoms with E-state index in [0.29, 0.717) is 35.2 Å². The van der Waals surface area contributed by atoms with E-state index in [0.717, 1.165) is 49.1 Å². The van der Waals surface area contributed by atoms with Gasteiger partial charge in [-0.15, -0.1) is 0 Å². The Morgan fingerprint density at radius 1 is 1.06 bits per heavy atom. The number of rotatable bonds is 11. The Morgan fingerprint density at radius 2 is 1.81 bits per heavy atom. The van der Waals surface area contributed by atoms with Gasteiger partial charge in [-0.2, -0.15) is 0 Å². The van der Waals surface area contributed by atoms with E-state index in [9.17, 15) is 4.79 Å². The smallest absolute Gasteiger partial charge is 0.161 e. The molecule has 0 radical (unpaired) electrons. The molecule has 6 nitrogen and oxygen atoms in total. The van der Waals surface area contributed by atoms with E-state index < -0.39 is 0 Å². The first kappa shape index (κ1) is 24.2. The number of anilines is 1. The summed E-state index contributed by atoms with van der Waals surface area (Å²) < 4.78 is 17.0. The first-order valence-electron chi connectivity index (χ1n) is 11.2. The van der Waals surface area contributed by atoms with Crippen molar-refractivity contribution in [2.45, 2.75) is 51.2 Å². The van der Waals surface area contributed by atoms with Crippen LogP contribution in [0.3, 0.4) is 0 Å². The van der Waals surface area contributed by atoms with Gasteiger partial charge in [-0.1, -0.05) is 24.1 Å². The molecule has 1 aliphatic heterocycles. The summed E-state index contributed by atoms with van der Waals surface area (Å²) in [4.78, 5) is 13.4. The molecule has 0 spiro atoms. The second-order valence-corrected chi connectivity index (χ2v) is 8.51. The lowest BCUT2D eigenvalue weighted by molar-refractivity contribution is -0.108. The summed E-state index contributed by atoms with van der Waals surface area (Å²) in [6.07, 6.45) is 6.83. The number of piperidine rings is 1. The van der Waals surface area contributed by atoms with Gasteiger partial charge in [-0.05, 0) is 62.5 Å². The maximum Gasteiger partial charge on any atom is 0.161 e. The summed E-state index contributed by atoms with van der Waals surface area (Å²) in [6.45, 7) is 2.42. The van der Waals surface area contributed by atoms with Gasteiger partial charge in [0.15, 0.2) is 11.5 Å². The summed E-state index contributed by atoms with van der Waals surface area (Å²) in [5.74, 6) is 2.06. The number of nitrogens with two attached hydrogens (primary N) is 1. The van der Waals surface area contributed by atoms with E-state index in [-0.39, 0.29) is 6.04 Å². The maximum absolute atomic E-state index is 10.9. The van der Waals surface area contributed by atoms with Crippen LogP contribution in [0.25, 0.3) is 0 Å². The van der Waals surface area contributed by atoms with Crippen molar-refractivity contribution in [3.8, 4) is 17.2 Å². The van der Waals surface area contributed by atoms with Gasteiger partial charge in [0.2, 0.25) is 0 Å². The third kappa shape index (κ3) is 6.08. The second kappa shape index (κ2) is 12.0. The van der Waals surface area contributed by atoms with Crippen molar-refractivity contribution in [1.82, 2.24) is 4.90 Å². The molecule has 32 heavy (non-hydrogen) atoms. The third-order valence-electron chi connectivity index (χ3n) is 5.96. The topological polar surface area (TPSA) is 74.0 Å². The Bertz CT molecular complexity index is 900. The van der Waals surface area contributed by atoms with Crippen LogP contribution in [-0.4, -0.2) is 38.5 Å². The van der Waals surface area contributed by atoms with Crippen molar-refractivity contribution in [3.05, 3.63) is 46.5 Å². The van der Waals surface area contributed by atoms with E-state index in [1.165, 1.54) is 19.3 Å². The van der Waals surface area contributed by atoms with Crippen LogP contribution in [0, 0.1) is 0 Å². The zero-order valence-corrected chi connectivity index (χ0v) is 19.7. The number of carbonyl (C=O) groups is 1. The number of halogens is 1. The molecule has 1 heterocycles. The van der Waals surface area contributed by atoms with Crippen LogP contribution in [0.1, 0.15) is 55.7 Å². The van der Waals surface area contributed by atoms with Crippen molar-refractivity contribution >= 4 is 23.6 Å². The number of methoxy groups -OCH3 is 2. The standard InChI is InChI=1S/C25H33ClN2O4/c1-30-23-10-9-18(14-25(23)31-2)17-32-24-16-21(27)20(26)15-19(24)22(8-4-7-13-29)28-11-5-3-6-12-28/h9-10,13-16,22H,3-8,11-12,17,27H2,1-2H3. The molecule has 1 saturated heterocycles. The van der Waals surface area contributed by atoms with Crippen LogP contribution in [0.4, 0.5) is 5.69 Å². The van der Waals surface area contributed by atoms with Crippen LogP contribution < -0.4 is 19.9 Å². The fourth-order valence-corrected chi connectivity index (χ4v) is 4.43. The number of ether oxygens (including phenoxy) is 3. The molecule has 7 heteroatoms. The number of unbranched alkanes of at least 4 members (excludes halogenated alkanes) is 1. The van der Waals surface area contributed by atoms with E-state index in [4.69, 9.17) is 31.5 Å². The zero-order chi connectivity index (χ0) is 22.9. The van der Waals surface area contributed by atoms with E-state index in [1.807, 2.05) is 30.3 Å². The largest absolute Gasteiger partial charge is 0.493 e. The highest BCUT2D eigenvalue weighted by atomic mass is 35.5. The fraction of sp³-hybridized carbons (Fsp3) is 0.480. The number of hydrogen-bond acceptors (Lipinski definition) is 6. The van der Waals surface area contributed by atoms with Crippen molar-refractivity contribution in [1.29, 1.82) is 0 Å². The Balaban J connectivity index is 1.88. The molecule has 3 rings (SSSR count). The molecular weight excluding hydrogens is 428 g/mol. The first-order chi connectivity index (χ1) is 15.6. The van der Waals surface area contributed by atoms with Crippen LogP contribution in [0.5, 0.6) is 17.2 Å². The van der Waals surface area contributed by atoms with Crippen LogP contribution in [0.15, 0.2) is 30.3 Å². The molecule has 0 saturated carbocycles. The SMILES string of the molecule is COc1ccc(COc2cc(N)c(Cl)cc2C(CCCC=O)N2CCCCC2)cc1OC. The van der Waals surface area contributed by atoms with Gasteiger partial charge in [-0.3, -0.25) is 4.90 Å². The minimum atomic E-state index is 0.133. The molecule has 2 aromatic carbocycles. The van der Waals surface area contributed by atoms with E-state index >= 15 is 0 Å². The van der Waals surface area contributed by atoms with Crippen LogP contribution in [0.2, 0.25) is 5.02 Å². The minimum Gasteiger partial charge on any atom is -0.493 e. The number of nitrogen functional groups attached to an aromatic ring is 1. The van der Waals surface area contributed by atoms with Crippen molar-refractivity contribution in [2.75, 3.05) is 33.0 Å². The average molecular weight is 461 g/mol. The van der Waals surface area contributed by atoms with Crippen molar-refractivity contribution < 1.29 is 19.0 Å². The highest BCUT2D eigenvalue weighted by Crippen LogP contribution is 2.39. The van der Waals surface area contributed by atoms with Gasteiger partial charge in [0.25, 0.3) is 0 Å². The van der Waals surface area contributed by atoms with E-state index in [1.54, 1.807) is 14.2 Å². The molecule has 2 N–H and O–H groups in total. The molecule has 2 aromatic rings. The summed E-state index contributed by atoms with van der Waals surface area (Å²) in [6, 6.07) is 9.60. The molecule has 0 aliphatic carbocycles. The number of carbonyl (C=O) groups excluding carboxylic acids is 1. The number of aldehydes is 1. The number of nitrogens with zero attached hydrogens (tertiary/aromatic N) is 1. The van der Waals surface area contributed by atoms with Crippen molar-refractivity contribution in [3.63, 3.8) is 0 Å². The number of benzene rings is 2. The monoisotopic (exact) mass is 460 g/mol. The predicted molar refractivity (Wildman–Crippen MR) is 128 cm³/mol. The zero-order valence-electron chi connectivity index (χ0n) is 18.9. The molecule has 1 unspecified atom stereocenters. The normalized spacial score (nSPS) is 15.2.